The smallest absolute Gasteiger partial charge is 0.293 e. The van der Waals surface area contributed by atoms with Crippen LogP contribution in [0.15, 0.2) is 30.9 Å². The van der Waals surface area contributed by atoms with Crippen LogP contribution in [0.2, 0.25) is 0 Å². The highest BCUT2D eigenvalue weighted by Crippen LogP contribution is 2.31. The number of alkyl halides is 3. The van der Waals surface area contributed by atoms with Gasteiger partial charge in [-0.1, -0.05) is 0 Å². The lowest BCUT2D eigenvalue weighted by molar-refractivity contribution is -0.141. The molecule has 2 unspecified atom stereocenters. The van der Waals surface area contributed by atoms with Gasteiger partial charge in [0.1, 0.15) is 0 Å². The molecule has 1 saturated heterocycles. The van der Waals surface area contributed by atoms with Crippen molar-refractivity contribution in [1.82, 2.24) is 24.6 Å². The highest BCUT2D eigenvalue weighted by Gasteiger charge is 2.35. The standard InChI is InChI=1S/C15H18F3N5/c1-11(13-9-19-5-6-20-13)22-7-2-3-12(10-22)23-8-4-14(21-23)15(16,17)18/h4-6,8-9,11-12H,2-3,7,10H2,1H3. The van der Waals surface area contributed by atoms with Gasteiger partial charge in [-0.2, -0.15) is 18.3 Å². The van der Waals surface area contributed by atoms with E-state index in [9.17, 15) is 13.2 Å². The highest BCUT2D eigenvalue weighted by atomic mass is 19.4. The zero-order chi connectivity index (χ0) is 16.4. The lowest BCUT2D eigenvalue weighted by Gasteiger charge is -2.36. The minimum atomic E-state index is -4.40. The van der Waals surface area contributed by atoms with Gasteiger partial charge in [0, 0.05) is 31.3 Å². The van der Waals surface area contributed by atoms with Crippen LogP contribution < -0.4 is 0 Å². The Morgan fingerprint density at radius 2 is 2.13 bits per heavy atom. The van der Waals surface area contributed by atoms with E-state index in [1.165, 1.54) is 10.9 Å². The normalized spacial score (nSPS) is 21.3. The van der Waals surface area contributed by atoms with E-state index in [2.05, 4.69) is 20.0 Å². The fourth-order valence-corrected chi connectivity index (χ4v) is 2.96. The molecule has 0 radical (unpaired) electrons. The Morgan fingerprint density at radius 1 is 1.30 bits per heavy atom. The lowest BCUT2D eigenvalue weighted by Crippen LogP contribution is -2.38. The summed E-state index contributed by atoms with van der Waals surface area (Å²) in [5.74, 6) is 0. The van der Waals surface area contributed by atoms with Crippen molar-refractivity contribution in [2.45, 2.75) is 38.0 Å². The number of hydrogen-bond acceptors (Lipinski definition) is 4. The van der Waals surface area contributed by atoms with E-state index in [-0.39, 0.29) is 12.1 Å². The molecule has 3 heterocycles. The molecule has 5 nitrogen and oxygen atoms in total. The van der Waals surface area contributed by atoms with Crippen molar-refractivity contribution >= 4 is 0 Å². The second-order valence-electron chi connectivity index (χ2n) is 5.78. The monoisotopic (exact) mass is 325 g/mol. The van der Waals surface area contributed by atoms with Gasteiger partial charge < -0.3 is 0 Å². The molecule has 0 saturated carbocycles. The van der Waals surface area contributed by atoms with E-state index in [4.69, 9.17) is 0 Å². The minimum Gasteiger partial charge on any atom is -0.293 e. The number of hydrogen-bond donors (Lipinski definition) is 0. The van der Waals surface area contributed by atoms with Crippen LogP contribution in [0.4, 0.5) is 13.2 Å². The maximum Gasteiger partial charge on any atom is 0.435 e. The molecule has 0 aliphatic carbocycles. The van der Waals surface area contributed by atoms with Crippen LogP contribution >= 0.6 is 0 Å². The van der Waals surface area contributed by atoms with Crippen molar-refractivity contribution in [1.29, 1.82) is 0 Å². The van der Waals surface area contributed by atoms with Gasteiger partial charge in [-0.25, -0.2) is 0 Å². The number of rotatable bonds is 3. The van der Waals surface area contributed by atoms with E-state index in [0.717, 1.165) is 31.1 Å². The average Bonchev–Trinajstić information content (AvgIpc) is 3.05. The molecule has 0 amide bonds. The first-order valence-corrected chi connectivity index (χ1v) is 7.57. The Balaban J connectivity index is 1.72. The third kappa shape index (κ3) is 3.52. The summed E-state index contributed by atoms with van der Waals surface area (Å²) in [6.45, 7) is 3.58. The summed E-state index contributed by atoms with van der Waals surface area (Å²) in [6.07, 6.45) is 3.76. The molecule has 124 valence electrons. The predicted molar refractivity (Wildman–Crippen MR) is 77.5 cm³/mol. The van der Waals surface area contributed by atoms with Crippen LogP contribution in [-0.4, -0.2) is 37.7 Å². The number of aromatic nitrogens is 4. The first-order chi connectivity index (χ1) is 10.9. The Kier molecular flexibility index (Phi) is 4.34. The van der Waals surface area contributed by atoms with Gasteiger partial charge in [0.05, 0.1) is 17.8 Å². The van der Waals surface area contributed by atoms with Gasteiger partial charge in [0.15, 0.2) is 5.69 Å². The highest BCUT2D eigenvalue weighted by molar-refractivity contribution is 5.05. The summed E-state index contributed by atoms with van der Waals surface area (Å²) in [7, 11) is 0. The van der Waals surface area contributed by atoms with Gasteiger partial charge >= 0.3 is 6.18 Å². The summed E-state index contributed by atoms with van der Waals surface area (Å²) in [4.78, 5) is 10.6. The summed E-state index contributed by atoms with van der Waals surface area (Å²) in [5, 5.41) is 3.71. The molecule has 0 spiro atoms. The van der Waals surface area contributed by atoms with Crippen molar-refractivity contribution in [2.75, 3.05) is 13.1 Å². The van der Waals surface area contributed by atoms with Crippen molar-refractivity contribution in [3.05, 3.63) is 42.2 Å². The Labute approximate surface area is 132 Å². The fraction of sp³-hybridized carbons (Fsp3) is 0.533. The maximum atomic E-state index is 12.7. The van der Waals surface area contributed by atoms with Crippen LogP contribution in [0.5, 0.6) is 0 Å². The number of halogens is 3. The molecule has 3 rings (SSSR count). The SMILES string of the molecule is CC(c1cnccn1)N1CCCC(n2ccc(C(F)(F)F)n2)C1. The average molecular weight is 325 g/mol. The topological polar surface area (TPSA) is 46.8 Å². The molecular weight excluding hydrogens is 307 g/mol. The maximum absolute atomic E-state index is 12.7. The van der Waals surface area contributed by atoms with Gasteiger partial charge in [-0.15, -0.1) is 0 Å². The molecular formula is C15H18F3N5. The van der Waals surface area contributed by atoms with Crippen molar-refractivity contribution < 1.29 is 13.2 Å². The second-order valence-corrected chi connectivity index (χ2v) is 5.78. The molecule has 1 aliphatic rings. The molecule has 1 aliphatic heterocycles. The first kappa shape index (κ1) is 15.9. The number of likely N-dealkylation sites (tertiary alicyclic amines) is 1. The van der Waals surface area contributed by atoms with E-state index in [0.29, 0.717) is 6.54 Å². The third-order valence-corrected chi connectivity index (χ3v) is 4.26. The van der Waals surface area contributed by atoms with E-state index in [1.54, 1.807) is 18.6 Å². The summed E-state index contributed by atoms with van der Waals surface area (Å²) >= 11 is 0. The van der Waals surface area contributed by atoms with Crippen molar-refractivity contribution in [2.24, 2.45) is 0 Å². The molecule has 2 aromatic rings. The van der Waals surface area contributed by atoms with Crippen LogP contribution in [0.3, 0.4) is 0 Å². The van der Waals surface area contributed by atoms with Crippen LogP contribution in [0.1, 0.15) is 43.2 Å². The fourth-order valence-electron chi connectivity index (χ4n) is 2.96. The molecule has 1 fully saturated rings. The van der Waals surface area contributed by atoms with E-state index in [1.807, 2.05) is 6.92 Å². The molecule has 0 aromatic carbocycles. The molecule has 0 bridgehead atoms. The van der Waals surface area contributed by atoms with Crippen molar-refractivity contribution in [3.8, 4) is 0 Å². The molecule has 8 heteroatoms. The van der Waals surface area contributed by atoms with E-state index < -0.39 is 11.9 Å². The zero-order valence-corrected chi connectivity index (χ0v) is 12.7. The number of nitrogens with zero attached hydrogens (tertiary/aromatic N) is 5. The molecule has 0 N–H and O–H groups in total. The lowest BCUT2D eigenvalue weighted by atomic mass is 10.0. The summed E-state index contributed by atoms with van der Waals surface area (Å²) < 4.78 is 39.5. The summed E-state index contributed by atoms with van der Waals surface area (Å²) in [5.41, 5.74) is 0.0289. The number of piperidine rings is 1. The Hall–Kier alpha value is -1.96. The van der Waals surface area contributed by atoms with Crippen LogP contribution in [-0.2, 0) is 6.18 Å². The predicted octanol–water partition coefficient (Wildman–Crippen LogP) is 3.09. The minimum absolute atomic E-state index is 0.0565. The van der Waals surface area contributed by atoms with Gasteiger partial charge in [-0.05, 0) is 32.4 Å². The first-order valence-electron chi connectivity index (χ1n) is 7.57. The molecule has 2 aromatic heterocycles. The molecule has 23 heavy (non-hydrogen) atoms. The second kappa shape index (κ2) is 6.27. The van der Waals surface area contributed by atoms with Gasteiger partial charge in [0.2, 0.25) is 0 Å². The third-order valence-electron chi connectivity index (χ3n) is 4.26. The summed E-state index contributed by atoms with van der Waals surface area (Å²) in [6, 6.07) is 1.05. The largest absolute Gasteiger partial charge is 0.435 e. The van der Waals surface area contributed by atoms with Gasteiger partial charge in [-0.3, -0.25) is 19.5 Å². The molecule has 2 atom stereocenters. The van der Waals surface area contributed by atoms with Crippen LogP contribution in [0, 0.1) is 0 Å². The Morgan fingerprint density at radius 3 is 2.78 bits per heavy atom. The van der Waals surface area contributed by atoms with E-state index >= 15 is 0 Å². The quantitative estimate of drug-likeness (QED) is 0.870. The van der Waals surface area contributed by atoms with Crippen molar-refractivity contribution in [3.63, 3.8) is 0 Å². The van der Waals surface area contributed by atoms with Crippen LogP contribution in [0.25, 0.3) is 0 Å². The zero-order valence-electron chi connectivity index (χ0n) is 12.7. The van der Waals surface area contributed by atoms with Gasteiger partial charge in [0.25, 0.3) is 0 Å². The Bertz CT molecular complexity index is 640.